The molecule has 0 radical (unpaired) electrons. The quantitative estimate of drug-likeness (QED) is 0.668. The zero-order valence-corrected chi connectivity index (χ0v) is 7.00. The van der Waals surface area contributed by atoms with Gasteiger partial charge in [-0.25, -0.2) is 4.68 Å². The van der Waals surface area contributed by atoms with Crippen LogP contribution < -0.4 is 5.32 Å². The van der Waals surface area contributed by atoms with Gasteiger partial charge < -0.3 is 5.32 Å². The fraction of sp³-hybridized carbons (Fsp3) is 0.500. The van der Waals surface area contributed by atoms with Gasteiger partial charge in [-0.3, -0.25) is 4.79 Å². The van der Waals surface area contributed by atoms with Crippen LogP contribution in [0.25, 0.3) is 0 Å². The number of carbonyl (C=O) groups excluding carboxylic acids is 1. The summed E-state index contributed by atoms with van der Waals surface area (Å²) >= 11 is 0. The molecule has 0 saturated carbocycles. The number of anilines is 1. The van der Waals surface area contributed by atoms with Crippen LogP contribution in [-0.4, -0.2) is 15.7 Å². The van der Waals surface area contributed by atoms with Crippen molar-refractivity contribution in [2.75, 3.05) is 5.32 Å². The second kappa shape index (κ2) is 2.62. The minimum Gasteiger partial charge on any atom is -0.311 e. The normalized spacial score (nSPS) is 15.6. The molecule has 1 aromatic rings. The van der Waals surface area contributed by atoms with E-state index in [1.807, 2.05) is 17.8 Å². The van der Waals surface area contributed by atoms with Crippen molar-refractivity contribution in [3.8, 4) is 0 Å². The highest BCUT2D eigenvalue weighted by atomic mass is 16.1. The predicted octanol–water partition coefficient (Wildman–Crippen LogP) is 0.788. The van der Waals surface area contributed by atoms with E-state index in [9.17, 15) is 4.79 Å². The lowest BCUT2D eigenvalue weighted by molar-refractivity contribution is -0.116. The highest BCUT2D eigenvalue weighted by Crippen LogP contribution is 2.21. The number of hydrogen-bond donors (Lipinski definition) is 1. The summed E-state index contributed by atoms with van der Waals surface area (Å²) in [6, 6.07) is 0. The Morgan fingerprint density at radius 3 is 3.25 bits per heavy atom. The van der Waals surface area contributed by atoms with Gasteiger partial charge >= 0.3 is 0 Å². The second-order valence-corrected chi connectivity index (χ2v) is 2.88. The lowest BCUT2D eigenvalue weighted by Gasteiger charge is -2.13. The van der Waals surface area contributed by atoms with Crippen molar-refractivity contribution in [2.24, 2.45) is 0 Å². The molecule has 2 rings (SSSR count). The van der Waals surface area contributed by atoms with E-state index in [0.29, 0.717) is 6.42 Å². The molecular weight excluding hydrogens is 154 g/mol. The summed E-state index contributed by atoms with van der Waals surface area (Å²) in [5, 5.41) is 6.97. The van der Waals surface area contributed by atoms with Gasteiger partial charge in [-0.2, -0.15) is 5.10 Å². The smallest absolute Gasteiger partial charge is 0.225 e. The van der Waals surface area contributed by atoms with Gasteiger partial charge in [0.15, 0.2) is 0 Å². The van der Waals surface area contributed by atoms with Crippen LogP contribution in [0.5, 0.6) is 0 Å². The molecule has 4 heteroatoms. The molecule has 0 spiro atoms. The zero-order chi connectivity index (χ0) is 8.55. The van der Waals surface area contributed by atoms with Crippen molar-refractivity contribution in [3.05, 3.63) is 11.8 Å². The van der Waals surface area contributed by atoms with Gasteiger partial charge in [-0.15, -0.1) is 0 Å². The molecule has 1 aromatic heterocycles. The Labute approximate surface area is 70.6 Å². The minimum absolute atomic E-state index is 0.0951. The number of rotatable bonds is 1. The molecule has 12 heavy (non-hydrogen) atoms. The van der Waals surface area contributed by atoms with Gasteiger partial charge in [0, 0.05) is 18.5 Å². The van der Waals surface area contributed by atoms with Crippen LogP contribution in [-0.2, 0) is 17.8 Å². The van der Waals surface area contributed by atoms with Gasteiger partial charge in [-0.05, 0) is 13.3 Å². The van der Waals surface area contributed by atoms with Gasteiger partial charge in [0.1, 0.15) is 5.82 Å². The number of nitrogens with zero attached hydrogens (tertiary/aromatic N) is 2. The number of aromatic nitrogens is 2. The fourth-order valence-corrected chi connectivity index (χ4v) is 1.43. The van der Waals surface area contributed by atoms with E-state index in [1.54, 1.807) is 0 Å². The molecule has 0 fully saturated rings. The Balaban J connectivity index is 2.40. The van der Waals surface area contributed by atoms with Gasteiger partial charge in [0.05, 0.1) is 6.20 Å². The van der Waals surface area contributed by atoms with Gasteiger partial charge in [-0.1, -0.05) is 0 Å². The summed E-state index contributed by atoms with van der Waals surface area (Å²) in [6.45, 7) is 2.81. The summed E-state index contributed by atoms with van der Waals surface area (Å²) in [4.78, 5) is 11.0. The Bertz CT molecular complexity index is 303. The minimum atomic E-state index is 0.0951. The molecule has 0 bridgehead atoms. The zero-order valence-electron chi connectivity index (χ0n) is 7.00. The van der Waals surface area contributed by atoms with E-state index in [-0.39, 0.29) is 5.91 Å². The largest absolute Gasteiger partial charge is 0.311 e. The number of carbonyl (C=O) groups is 1. The summed E-state index contributed by atoms with van der Waals surface area (Å²) in [5.41, 5.74) is 1.15. The lowest BCUT2D eigenvalue weighted by atomic mass is 10.1. The highest BCUT2D eigenvalue weighted by Gasteiger charge is 2.18. The van der Waals surface area contributed by atoms with Crippen LogP contribution >= 0.6 is 0 Å². The first-order valence-electron chi connectivity index (χ1n) is 4.16. The number of hydrogen-bond acceptors (Lipinski definition) is 2. The number of amides is 1. The van der Waals surface area contributed by atoms with E-state index >= 15 is 0 Å². The molecule has 1 aliphatic heterocycles. The molecule has 4 nitrogen and oxygen atoms in total. The standard InChI is InChI=1S/C8H11N3O/c1-2-11-8-6(5-9-11)3-4-7(12)10-8/h5H,2-4H2,1H3,(H,10,12). The van der Waals surface area contributed by atoms with Crippen molar-refractivity contribution >= 4 is 11.7 Å². The van der Waals surface area contributed by atoms with Crippen LogP contribution in [0.15, 0.2) is 6.20 Å². The molecular formula is C8H11N3O. The predicted molar refractivity (Wildman–Crippen MR) is 44.9 cm³/mol. The lowest BCUT2D eigenvalue weighted by Crippen LogP contribution is -2.20. The van der Waals surface area contributed by atoms with Crippen molar-refractivity contribution in [3.63, 3.8) is 0 Å². The number of aryl methyl sites for hydroxylation is 2. The molecule has 64 valence electrons. The third-order valence-corrected chi connectivity index (χ3v) is 2.09. The Kier molecular flexibility index (Phi) is 1.60. The maximum Gasteiger partial charge on any atom is 0.225 e. The average molecular weight is 165 g/mol. The van der Waals surface area contributed by atoms with Crippen LogP contribution in [0, 0.1) is 0 Å². The molecule has 0 atom stereocenters. The van der Waals surface area contributed by atoms with E-state index in [0.717, 1.165) is 24.3 Å². The Hall–Kier alpha value is -1.32. The molecule has 0 aromatic carbocycles. The Morgan fingerprint density at radius 2 is 2.50 bits per heavy atom. The van der Waals surface area contributed by atoms with E-state index < -0.39 is 0 Å². The van der Waals surface area contributed by atoms with Crippen molar-refractivity contribution < 1.29 is 4.79 Å². The van der Waals surface area contributed by atoms with Gasteiger partial charge in [0.2, 0.25) is 5.91 Å². The first kappa shape index (κ1) is 7.34. The third-order valence-electron chi connectivity index (χ3n) is 2.09. The third kappa shape index (κ3) is 0.995. The fourth-order valence-electron chi connectivity index (χ4n) is 1.43. The summed E-state index contributed by atoms with van der Waals surface area (Å²) in [6.07, 6.45) is 3.24. The Morgan fingerprint density at radius 1 is 1.67 bits per heavy atom. The van der Waals surface area contributed by atoms with Crippen molar-refractivity contribution in [2.45, 2.75) is 26.3 Å². The van der Waals surface area contributed by atoms with Crippen LogP contribution in [0.3, 0.4) is 0 Å². The summed E-state index contributed by atoms with van der Waals surface area (Å²) in [5.74, 6) is 0.978. The van der Waals surface area contributed by atoms with E-state index in [4.69, 9.17) is 0 Å². The first-order valence-corrected chi connectivity index (χ1v) is 4.16. The van der Waals surface area contributed by atoms with E-state index in [2.05, 4.69) is 10.4 Å². The molecule has 2 heterocycles. The SMILES string of the molecule is CCn1ncc2c1NC(=O)CC2. The number of fused-ring (bicyclic) bond motifs is 1. The molecule has 0 saturated heterocycles. The molecule has 1 aliphatic rings. The van der Waals surface area contributed by atoms with Crippen molar-refractivity contribution in [1.29, 1.82) is 0 Å². The average Bonchev–Trinajstić information content (AvgIpc) is 2.46. The summed E-state index contributed by atoms with van der Waals surface area (Å²) in [7, 11) is 0. The topological polar surface area (TPSA) is 46.9 Å². The molecule has 1 amide bonds. The van der Waals surface area contributed by atoms with Crippen LogP contribution in [0.4, 0.5) is 5.82 Å². The van der Waals surface area contributed by atoms with Crippen LogP contribution in [0.2, 0.25) is 0 Å². The van der Waals surface area contributed by atoms with Crippen molar-refractivity contribution in [1.82, 2.24) is 9.78 Å². The van der Waals surface area contributed by atoms with Gasteiger partial charge in [0.25, 0.3) is 0 Å². The molecule has 1 N–H and O–H groups in total. The molecule has 0 unspecified atom stereocenters. The number of nitrogens with one attached hydrogen (secondary N) is 1. The monoisotopic (exact) mass is 165 g/mol. The maximum atomic E-state index is 11.0. The summed E-state index contributed by atoms with van der Waals surface area (Å²) < 4.78 is 1.81. The molecule has 0 aliphatic carbocycles. The van der Waals surface area contributed by atoms with Crippen LogP contribution in [0.1, 0.15) is 18.9 Å². The van der Waals surface area contributed by atoms with E-state index in [1.165, 1.54) is 0 Å². The highest BCUT2D eigenvalue weighted by molar-refractivity contribution is 5.92. The maximum absolute atomic E-state index is 11.0. The first-order chi connectivity index (χ1) is 5.81. The second-order valence-electron chi connectivity index (χ2n) is 2.88.